The number of ether oxygens (including phenoxy) is 1. The number of H-pyrrole nitrogens is 1. The summed E-state index contributed by atoms with van der Waals surface area (Å²) in [6, 6.07) is 10.6. The molecule has 1 aliphatic heterocycles. The van der Waals surface area contributed by atoms with Crippen LogP contribution in [0.25, 0.3) is 10.9 Å². The minimum atomic E-state index is -4.56. The Kier molecular flexibility index (Phi) is 4.84. The van der Waals surface area contributed by atoms with E-state index < -0.39 is 29.3 Å². The lowest BCUT2D eigenvalue weighted by Crippen LogP contribution is -2.36. The van der Waals surface area contributed by atoms with Crippen LogP contribution in [-0.4, -0.2) is 40.0 Å². The van der Waals surface area contributed by atoms with Crippen molar-refractivity contribution in [3.8, 4) is 5.75 Å². The number of carbonyl (C=O) groups excluding carboxylic acids is 1. The number of carbonyl (C=O) groups is 1. The molecule has 2 heterocycles. The summed E-state index contributed by atoms with van der Waals surface area (Å²) in [7, 11) is 0. The van der Waals surface area contributed by atoms with E-state index in [0.717, 1.165) is 40.4 Å². The number of halogens is 3. The second-order valence-corrected chi connectivity index (χ2v) is 6.94. The molecule has 0 unspecified atom stereocenters. The predicted molar refractivity (Wildman–Crippen MR) is 101 cm³/mol. The zero-order valence-electron chi connectivity index (χ0n) is 15.5. The molecule has 0 aliphatic carbocycles. The predicted octanol–water partition coefficient (Wildman–Crippen LogP) is 4.22. The largest absolute Gasteiger partial charge is 0.484 e. The highest BCUT2D eigenvalue weighted by Gasteiger charge is 2.31. The number of nitrogens with zero attached hydrogens (tertiary/aromatic N) is 2. The van der Waals surface area contributed by atoms with Crippen molar-refractivity contribution < 1.29 is 27.6 Å². The summed E-state index contributed by atoms with van der Waals surface area (Å²) in [5.74, 6) is -0.888. The summed E-state index contributed by atoms with van der Waals surface area (Å²) in [6.45, 7) is -0.993. The molecule has 0 fully saturated rings. The Morgan fingerprint density at radius 1 is 1.23 bits per heavy atom. The molecule has 1 amide bonds. The van der Waals surface area contributed by atoms with Crippen LogP contribution < -0.4 is 4.74 Å². The summed E-state index contributed by atoms with van der Waals surface area (Å²) in [5, 5.41) is 12.3. The van der Waals surface area contributed by atoms with Gasteiger partial charge in [0.25, 0.3) is 11.6 Å². The van der Waals surface area contributed by atoms with E-state index in [1.54, 1.807) is 0 Å². The smallest absolute Gasteiger partial charge is 0.422 e. The molecular formula is C20H16F3N3O4. The zero-order chi connectivity index (χ0) is 21.5. The minimum Gasteiger partial charge on any atom is -0.484 e. The Morgan fingerprint density at radius 2 is 2.00 bits per heavy atom. The van der Waals surface area contributed by atoms with E-state index in [0.29, 0.717) is 13.0 Å². The van der Waals surface area contributed by atoms with Crippen LogP contribution in [-0.2, 0) is 13.0 Å². The highest BCUT2D eigenvalue weighted by molar-refractivity contribution is 5.99. The van der Waals surface area contributed by atoms with Gasteiger partial charge in [-0.1, -0.05) is 18.2 Å². The van der Waals surface area contributed by atoms with Gasteiger partial charge >= 0.3 is 6.18 Å². The first-order valence-electron chi connectivity index (χ1n) is 9.08. The molecule has 2 aromatic carbocycles. The number of rotatable bonds is 4. The van der Waals surface area contributed by atoms with Gasteiger partial charge in [0.2, 0.25) is 0 Å². The van der Waals surface area contributed by atoms with Gasteiger partial charge in [0.15, 0.2) is 6.61 Å². The minimum absolute atomic E-state index is 0.239. The summed E-state index contributed by atoms with van der Waals surface area (Å²) >= 11 is 0. The normalized spacial score (nSPS) is 13.9. The molecule has 0 atom stereocenters. The molecule has 7 nitrogen and oxygen atoms in total. The fourth-order valence-electron chi connectivity index (χ4n) is 3.61. The number of aromatic amines is 1. The second-order valence-electron chi connectivity index (χ2n) is 6.94. The third-order valence-electron chi connectivity index (χ3n) is 4.97. The number of amides is 1. The molecule has 30 heavy (non-hydrogen) atoms. The van der Waals surface area contributed by atoms with Crippen LogP contribution in [0.4, 0.5) is 18.9 Å². The molecule has 156 valence electrons. The molecule has 4 rings (SSSR count). The number of nitro groups is 1. The van der Waals surface area contributed by atoms with E-state index in [2.05, 4.69) is 9.72 Å². The number of benzene rings is 2. The van der Waals surface area contributed by atoms with Crippen LogP contribution in [0.3, 0.4) is 0 Å². The number of nitro benzene ring substituents is 1. The number of alkyl halides is 3. The molecule has 0 radical (unpaired) electrons. The summed E-state index contributed by atoms with van der Waals surface area (Å²) in [4.78, 5) is 28.5. The highest BCUT2D eigenvalue weighted by Crippen LogP contribution is 2.31. The Morgan fingerprint density at radius 3 is 2.73 bits per heavy atom. The van der Waals surface area contributed by atoms with Crippen molar-refractivity contribution in [1.29, 1.82) is 0 Å². The number of aromatic nitrogens is 1. The van der Waals surface area contributed by atoms with Gasteiger partial charge < -0.3 is 14.6 Å². The van der Waals surface area contributed by atoms with Crippen molar-refractivity contribution in [3.63, 3.8) is 0 Å². The summed E-state index contributed by atoms with van der Waals surface area (Å²) in [5.41, 5.74) is 2.08. The lowest BCUT2D eigenvalue weighted by Gasteiger charge is -2.27. The van der Waals surface area contributed by atoms with Gasteiger partial charge in [0, 0.05) is 47.7 Å². The molecule has 0 saturated carbocycles. The van der Waals surface area contributed by atoms with Crippen LogP contribution >= 0.6 is 0 Å². The fraction of sp³-hybridized carbons (Fsp3) is 0.250. The number of hydrogen-bond acceptors (Lipinski definition) is 4. The van der Waals surface area contributed by atoms with Gasteiger partial charge in [-0.25, -0.2) is 0 Å². The second kappa shape index (κ2) is 7.36. The zero-order valence-corrected chi connectivity index (χ0v) is 15.5. The van der Waals surface area contributed by atoms with E-state index in [1.165, 1.54) is 4.90 Å². The summed E-state index contributed by atoms with van der Waals surface area (Å²) < 4.78 is 41.9. The van der Waals surface area contributed by atoms with Crippen molar-refractivity contribution in [1.82, 2.24) is 9.88 Å². The van der Waals surface area contributed by atoms with E-state index in [1.807, 2.05) is 24.3 Å². The third kappa shape index (κ3) is 3.80. The van der Waals surface area contributed by atoms with Crippen molar-refractivity contribution in [2.24, 2.45) is 0 Å². The molecule has 0 bridgehead atoms. The maximum Gasteiger partial charge on any atom is 0.422 e. The molecule has 3 aromatic rings. The van der Waals surface area contributed by atoms with Gasteiger partial charge in [-0.3, -0.25) is 14.9 Å². The van der Waals surface area contributed by atoms with E-state index in [4.69, 9.17) is 0 Å². The average molecular weight is 419 g/mol. The van der Waals surface area contributed by atoms with Gasteiger partial charge in [0.1, 0.15) is 11.3 Å². The Labute approximate surface area is 168 Å². The average Bonchev–Trinajstić information content (AvgIpc) is 3.08. The monoisotopic (exact) mass is 419 g/mol. The number of nitrogens with one attached hydrogen (secondary N) is 1. The fourth-order valence-corrected chi connectivity index (χ4v) is 3.61. The van der Waals surface area contributed by atoms with Crippen LogP contribution in [0.15, 0.2) is 42.5 Å². The molecule has 1 aromatic heterocycles. The maximum atomic E-state index is 13.1. The molecule has 0 spiro atoms. The quantitative estimate of drug-likeness (QED) is 0.507. The van der Waals surface area contributed by atoms with E-state index in [-0.39, 0.29) is 17.9 Å². The number of fused-ring (bicyclic) bond motifs is 3. The van der Waals surface area contributed by atoms with Gasteiger partial charge in [-0.2, -0.15) is 13.2 Å². The topological polar surface area (TPSA) is 88.5 Å². The van der Waals surface area contributed by atoms with Gasteiger partial charge in [-0.05, 0) is 18.2 Å². The SMILES string of the molecule is O=C(c1cc(OCC(F)(F)F)ccc1[N+](=O)[O-])N1CCc2[nH]c3ccccc3c2C1. The molecule has 10 heteroatoms. The van der Waals surface area contributed by atoms with Crippen LogP contribution in [0.5, 0.6) is 5.75 Å². The first-order chi connectivity index (χ1) is 14.2. The van der Waals surface area contributed by atoms with Crippen molar-refractivity contribution >= 4 is 22.5 Å². The number of para-hydroxylation sites is 1. The van der Waals surface area contributed by atoms with Crippen molar-refractivity contribution in [2.45, 2.75) is 19.1 Å². The Balaban J connectivity index is 1.64. The standard InChI is InChI=1S/C20H16F3N3O4/c21-20(22,23)11-30-12-5-6-18(26(28)29)14(9-12)19(27)25-8-7-17-15(10-25)13-3-1-2-4-16(13)24-17/h1-6,9,24H,7-8,10-11H2. The Hall–Kier alpha value is -3.56. The van der Waals surface area contributed by atoms with Crippen molar-refractivity contribution in [3.05, 3.63) is 69.4 Å². The highest BCUT2D eigenvalue weighted by atomic mass is 19.4. The van der Waals surface area contributed by atoms with Crippen LogP contribution in [0, 0.1) is 10.1 Å². The van der Waals surface area contributed by atoms with Crippen LogP contribution in [0.1, 0.15) is 21.6 Å². The van der Waals surface area contributed by atoms with E-state index in [9.17, 15) is 28.1 Å². The lowest BCUT2D eigenvalue weighted by molar-refractivity contribution is -0.385. The van der Waals surface area contributed by atoms with Crippen LogP contribution in [0.2, 0.25) is 0 Å². The molecule has 1 aliphatic rings. The molecular weight excluding hydrogens is 403 g/mol. The Bertz CT molecular complexity index is 1140. The molecule has 0 saturated heterocycles. The lowest BCUT2D eigenvalue weighted by atomic mass is 10.0. The first-order valence-corrected chi connectivity index (χ1v) is 9.08. The van der Waals surface area contributed by atoms with E-state index >= 15 is 0 Å². The molecule has 1 N–H and O–H groups in total. The van der Waals surface area contributed by atoms with Gasteiger partial charge in [0.05, 0.1) is 4.92 Å². The maximum absolute atomic E-state index is 13.1. The third-order valence-corrected chi connectivity index (χ3v) is 4.97. The summed E-state index contributed by atoms with van der Waals surface area (Å²) in [6.07, 6.45) is -4.03. The van der Waals surface area contributed by atoms with Gasteiger partial charge in [-0.15, -0.1) is 0 Å². The van der Waals surface area contributed by atoms with Crippen molar-refractivity contribution in [2.75, 3.05) is 13.2 Å². The number of hydrogen-bond donors (Lipinski definition) is 1. The first kappa shape index (κ1) is 19.7.